The molecule has 0 bridgehead atoms. The van der Waals surface area contributed by atoms with Gasteiger partial charge in [0.25, 0.3) is 0 Å². The molecule has 1 saturated heterocycles. The first-order valence-electron chi connectivity index (χ1n) is 3.86. The molecule has 1 nitrogen and oxygen atoms in total. The third-order valence-electron chi connectivity index (χ3n) is 2.11. The summed E-state index contributed by atoms with van der Waals surface area (Å²) in [5, 5.41) is -0.643. The van der Waals surface area contributed by atoms with E-state index in [0.717, 1.165) is 19.3 Å². The molecule has 0 radical (unpaired) electrons. The highest BCUT2D eigenvalue weighted by Gasteiger charge is 2.51. The van der Waals surface area contributed by atoms with Crippen molar-refractivity contribution in [3.63, 3.8) is 0 Å². The SMILES string of the molecule is C=CC1([Si](Cl)(Cl)Cl)CCCCO1. The third kappa shape index (κ3) is 1.99. The summed E-state index contributed by atoms with van der Waals surface area (Å²) >= 11 is 17.8. The second kappa shape index (κ2) is 3.89. The van der Waals surface area contributed by atoms with Gasteiger partial charge in [0, 0.05) is 6.61 Å². The molecule has 70 valence electrons. The number of rotatable bonds is 2. The van der Waals surface area contributed by atoms with Crippen LogP contribution in [0.4, 0.5) is 0 Å². The predicted molar refractivity (Wildman–Crippen MR) is 56.0 cm³/mol. The van der Waals surface area contributed by atoms with Gasteiger partial charge in [0.15, 0.2) is 0 Å². The normalized spacial score (nSPS) is 31.6. The van der Waals surface area contributed by atoms with Crippen LogP contribution in [0.15, 0.2) is 12.7 Å². The topological polar surface area (TPSA) is 9.23 Å². The minimum absolute atomic E-state index is 0.643. The zero-order valence-electron chi connectivity index (χ0n) is 6.66. The summed E-state index contributed by atoms with van der Waals surface area (Å²) in [7, 11) is 0. The smallest absolute Gasteiger partial charge is 0.370 e. The van der Waals surface area contributed by atoms with Crippen LogP contribution in [0.1, 0.15) is 19.3 Å². The molecule has 1 fully saturated rings. The summed E-state index contributed by atoms with van der Waals surface area (Å²) in [6.45, 7) is 4.35. The molecule has 1 rings (SSSR count). The Hall–Kier alpha value is 0.787. The zero-order valence-corrected chi connectivity index (χ0v) is 9.92. The summed E-state index contributed by atoms with van der Waals surface area (Å²) in [6.07, 6.45) is 4.54. The average molecular weight is 246 g/mol. The number of ether oxygens (including phenoxy) is 1. The molecular weight excluding hydrogens is 235 g/mol. The lowest BCUT2D eigenvalue weighted by molar-refractivity contribution is 0.0123. The van der Waals surface area contributed by atoms with Crippen molar-refractivity contribution in [3.05, 3.63) is 12.7 Å². The molecule has 0 saturated carbocycles. The van der Waals surface area contributed by atoms with Crippen LogP contribution in [-0.4, -0.2) is 17.8 Å². The van der Waals surface area contributed by atoms with Crippen molar-refractivity contribution < 1.29 is 4.74 Å². The average Bonchev–Trinajstić information content (AvgIpc) is 2.04. The Morgan fingerprint density at radius 1 is 1.33 bits per heavy atom. The van der Waals surface area contributed by atoms with Gasteiger partial charge in [-0.15, -0.1) is 39.8 Å². The van der Waals surface area contributed by atoms with Crippen molar-refractivity contribution in [1.82, 2.24) is 0 Å². The van der Waals surface area contributed by atoms with Gasteiger partial charge in [-0.3, -0.25) is 0 Å². The van der Waals surface area contributed by atoms with Crippen molar-refractivity contribution in [3.8, 4) is 0 Å². The van der Waals surface area contributed by atoms with Gasteiger partial charge < -0.3 is 4.74 Å². The fourth-order valence-corrected chi connectivity index (χ4v) is 4.31. The van der Waals surface area contributed by atoms with Gasteiger partial charge >= 0.3 is 6.00 Å². The second-order valence-corrected chi connectivity index (χ2v) is 11.6. The van der Waals surface area contributed by atoms with E-state index >= 15 is 0 Å². The van der Waals surface area contributed by atoms with Gasteiger partial charge in [-0.2, -0.15) is 0 Å². The molecule has 12 heavy (non-hydrogen) atoms. The van der Waals surface area contributed by atoms with E-state index < -0.39 is 11.2 Å². The second-order valence-electron chi connectivity index (χ2n) is 2.90. The number of halogens is 3. The molecule has 0 aromatic carbocycles. The van der Waals surface area contributed by atoms with Crippen LogP contribution in [-0.2, 0) is 4.74 Å². The molecule has 0 aromatic rings. The Labute approximate surface area is 87.8 Å². The van der Waals surface area contributed by atoms with Gasteiger partial charge in [0.2, 0.25) is 0 Å². The number of hydrogen-bond acceptors (Lipinski definition) is 1. The van der Waals surface area contributed by atoms with Crippen LogP contribution in [0.2, 0.25) is 0 Å². The van der Waals surface area contributed by atoms with Crippen molar-refractivity contribution in [2.24, 2.45) is 0 Å². The van der Waals surface area contributed by atoms with Gasteiger partial charge in [0.05, 0.1) is 0 Å². The van der Waals surface area contributed by atoms with Gasteiger partial charge in [-0.05, 0) is 19.3 Å². The first-order valence-corrected chi connectivity index (χ1v) is 8.90. The summed E-state index contributed by atoms with van der Waals surface area (Å²) in [4.78, 5) is 0. The van der Waals surface area contributed by atoms with E-state index in [4.69, 9.17) is 38.0 Å². The molecule has 0 spiro atoms. The van der Waals surface area contributed by atoms with E-state index in [-0.39, 0.29) is 0 Å². The summed E-state index contributed by atoms with van der Waals surface area (Å²) in [5.74, 6) is 0. The van der Waals surface area contributed by atoms with Crippen LogP contribution in [0.25, 0.3) is 0 Å². The van der Waals surface area contributed by atoms with Gasteiger partial charge in [0.1, 0.15) is 5.22 Å². The Kier molecular flexibility index (Phi) is 3.52. The van der Waals surface area contributed by atoms with Crippen LogP contribution in [0.5, 0.6) is 0 Å². The van der Waals surface area contributed by atoms with E-state index in [1.54, 1.807) is 6.08 Å². The quantitative estimate of drug-likeness (QED) is 0.412. The molecule has 0 aromatic heterocycles. The van der Waals surface area contributed by atoms with Crippen molar-refractivity contribution >= 4 is 39.2 Å². The minimum Gasteiger partial charge on any atom is -0.370 e. The van der Waals surface area contributed by atoms with E-state index in [9.17, 15) is 0 Å². The standard InChI is InChI=1S/C7H11Cl3OSi/c1-2-7(12(8,9)10)5-3-4-6-11-7/h2H,1,3-6H2. The Balaban J connectivity index is 2.80. The first-order chi connectivity index (χ1) is 5.52. The molecule has 5 heteroatoms. The first kappa shape index (κ1) is 10.9. The van der Waals surface area contributed by atoms with E-state index in [2.05, 4.69) is 6.58 Å². The fourth-order valence-electron chi connectivity index (χ4n) is 1.32. The van der Waals surface area contributed by atoms with Crippen molar-refractivity contribution in [1.29, 1.82) is 0 Å². The summed E-state index contributed by atoms with van der Waals surface area (Å²) in [6, 6.07) is -2.83. The Bertz CT molecular complexity index is 172. The lowest BCUT2D eigenvalue weighted by Crippen LogP contribution is -2.50. The minimum atomic E-state index is -2.83. The highest BCUT2D eigenvalue weighted by Crippen LogP contribution is 2.42. The lowest BCUT2D eigenvalue weighted by Gasteiger charge is -2.38. The fraction of sp³-hybridized carbons (Fsp3) is 0.714. The monoisotopic (exact) mass is 244 g/mol. The van der Waals surface area contributed by atoms with Gasteiger partial charge in [-0.25, -0.2) is 0 Å². The highest BCUT2D eigenvalue weighted by molar-refractivity contribution is 7.65. The molecule has 1 atom stereocenters. The van der Waals surface area contributed by atoms with Gasteiger partial charge in [-0.1, -0.05) is 6.08 Å². The molecular formula is C7H11Cl3OSi. The maximum Gasteiger partial charge on any atom is 0.376 e. The van der Waals surface area contributed by atoms with Crippen LogP contribution in [0, 0.1) is 0 Å². The maximum absolute atomic E-state index is 5.94. The van der Waals surface area contributed by atoms with Crippen molar-refractivity contribution in [2.45, 2.75) is 24.5 Å². The van der Waals surface area contributed by atoms with Crippen LogP contribution in [0.3, 0.4) is 0 Å². The number of hydrogen-bond donors (Lipinski definition) is 0. The highest BCUT2D eigenvalue weighted by atomic mass is 35.8. The summed E-state index contributed by atoms with van der Waals surface area (Å²) in [5.41, 5.74) is 0. The lowest BCUT2D eigenvalue weighted by atomic mass is 10.1. The molecule has 0 aliphatic carbocycles. The molecule has 1 aliphatic heterocycles. The van der Waals surface area contributed by atoms with Crippen LogP contribution < -0.4 is 0 Å². The molecule has 1 unspecified atom stereocenters. The third-order valence-corrected chi connectivity index (χ3v) is 6.55. The van der Waals surface area contributed by atoms with E-state index in [1.807, 2.05) is 0 Å². The molecule has 0 amide bonds. The largest absolute Gasteiger partial charge is 0.376 e. The molecule has 1 heterocycles. The molecule has 0 N–H and O–H groups in total. The molecule has 1 aliphatic rings. The van der Waals surface area contributed by atoms with E-state index in [0.29, 0.717) is 6.61 Å². The Morgan fingerprint density at radius 3 is 2.25 bits per heavy atom. The van der Waals surface area contributed by atoms with E-state index in [1.165, 1.54) is 0 Å². The van der Waals surface area contributed by atoms with Crippen molar-refractivity contribution in [2.75, 3.05) is 6.61 Å². The maximum atomic E-state index is 5.94. The summed E-state index contributed by atoms with van der Waals surface area (Å²) < 4.78 is 5.53. The zero-order chi connectivity index (χ0) is 9.24. The van der Waals surface area contributed by atoms with Crippen LogP contribution >= 0.6 is 33.2 Å². The Morgan fingerprint density at radius 2 is 2.00 bits per heavy atom. The predicted octanol–water partition coefficient (Wildman–Crippen LogP) is 3.31.